The zero-order valence-corrected chi connectivity index (χ0v) is 17.6. The lowest BCUT2D eigenvalue weighted by Gasteiger charge is -2.26. The molecule has 2 N–H and O–H groups in total. The van der Waals surface area contributed by atoms with Gasteiger partial charge in [0.25, 0.3) is 5.91 Å². The van der Waals surface area contributed by atoms with Crippen LogP contribution in [0.2, 0.25) is 0 Å². The third-order valence-electron chi connectivity index (χ3n) is 5.62. The third kappa shape index (κ3) is 4.60. The van der Waals surface area contributed by atoms with E-state index >= 15 is 0 Å². The molecule has 1 saturated carbocycles. The molecule has 1 aromatic carbocycles. The molecule has 2 fully saturated rings. The van der Waals surface area contributed by atoms with Crippen molar-refractivity contribution >= 4 is 15.7 Å². The zero-order chi connectivity index (χ0) is 20.3. The summed E-state index contributed by atoms with van der Waals surface area (Å²) in [6.45, 7) is 2.53. The molecule has 0 aromatic heterocycles. The summed E-state index contributed by atoms with van der Waals surface area (Å²) in [5, 5.41) is 6.61. The molecule has 0 bridgehead atoms. The molecule has 1 saturated heterocycles. The average molecular weight is 411 g/mol. The predicted octanol–water partition coefficient (Wildman–Crippen LogP) is 2.15. The zero-order valence-electron chi connectivity index (χ0n) is 16.8. The minimum Gasteiger partial charge on any atom is -0.493 e. The molecule has 1 aliphatic carbocycles. The molecule has 7 nitrogen and oxygen atoms in total. The Morgan fingerprint density at radius 1 is 1.25 bits per heavy atom. The molecular formula is C20H30N2O5S. The summed E-state index contributed by atoms with van der Waals surface area (Å²) < 4.78 is 35.5. The lowest BCUT2D eigenvalue weighted by Crippen LogP contribution is -2.47. The van der Waals surface area contributed by atoms with Gasteiger partial charge in [-0.2, -0.15) is 0 Å². The Bertz CT molecular complexity index is 814. The van der Waals surface area contributed by atoms with Gasteiger partial charge in [0.05, 0.1) is 30.4 Å². The fourth-order valence-corrected chi connectivity index (χ4v) is 4.71. The van der Waals surface area contributed by atoms with E-state index in [-0.39, 0.29) is 45.7 Å². The molecule has 1 heterocycles. The van der Waals surface area contributed by atoms with Gasteiger partial charge in [-0.3, -0.25) is 4.79 Å². The second-order valence-corrected chi connectivity index (χ2v) is 9.85. The Hall–Kier alpha value is -1.80. The van der Waals surface area contributed by atoms with Crippen molar-refractivity contribution in [1.82, 2.24) is 10.6 Å². The van der Waals surface area contributed by atoms with E-state index in [1.54, 1.807) is 6.92 Å². The minimum absolute atomic E-state index is 0.0182. The summed E-state index contributed by atoms with van der Waals surface area (Å²) in [6.07, 6.45) is 5.49. The number of carbonyl (C=O) groups excluding carboxylic acids is 1. The number of benzene rings is 1. The second kappa shape index (κ2) is 8.69. The van der Waals surface area contributed by atoms with Crippen molar-refractivity contribution in [2.75, 3.05) is 26.5 Å². The average Bonchev–Trinajstić information content (AvgIpc) is 3.34. The van der Waals surface area contributed by atoms with Crippen molar-refractivity contribution in [1.29, 1.82) is 0 Å². The van der Waals surface area contributed by atoms with Gasteiger partial charge in [0.2, 0.25) is 0 Å². The van der Waals surface area contributed by atoms with Crippen LogP contribution in [0.4, 0.5) is 0 Å². The summed E-state index contributed by atoms with van der Waals surface area (Å²) in [4.78, 5) is 13.2. The van der Waals surface area contributed by atoms with E-state index in [0.717, 1.165) is 25.8 Å². The second-order valence-electron chi connectivity index (χ2n) is 7.57. The van der Waals surface area contributed by atoms with E-state index in [4.69, 9.17) is 9.47 Å². The molecule has 0 spiro atoms. The van der Waals surface area contributed by atoms with Gasteiger partial charge in [0.15, 0.2) is 21.3 Å². The highest BCUT2D eigenvalue weighted by atomic mass is 32.2. The first-order valence-electron chi connectivity index (χ1n) is 9.92. The number of nitrogens with one attached hydrogen (secondary N) is 2. The molecule has 2 aliphatic rings. The molecule has 1 amide bonds. The van der Waals surface area contributed by atoms with E-state index in [0.29, 0.717) is 5.92 Å². The fraction of sp³-hybridized carbons (Fsp3) is 0.650. The van der Waals surface area contributed by atoms with Gasteiger partial charge in [-0.05, 0) is 37.8 Å². The number of methoxy groups -OCH3 is 2. The highest BCUT2D eigenvalue weighted by Gasteiger charge is 2.33. The van der Waals surface area contributed by atoms with Gasteiger partial charge >= 0.3 is 0 Å². The quantitative estimate of drug-likeness (QED) is 0.648. The molecule has 0 radical (unpaired) electrons. The molecule has 2 unspecified atom stereocenters. The molecule has 2 atom stereocenters. The van der Waals surface area contributed by atoms with Crippen LogP contribution in [0.15, 0.2) is 17.0 Å². The lowest BCUT2D eigenvalue weighted by molar-refractivity contribution is 0.0921. The highest BCUT2D eigenvalue weighted by Crippen LogP contribution is 2.37. The van der Waals surface area contributed by atoms with Crippen LogP contribution in [-0.4, -0.2) is 52.9 Å². The van der Waals surface area contributed by atoms with E-state index < -0.39 is 9.84 Å². The van der Waals surface area contributed by atoms with Crippen LogP contribution in [-0.2, 0) is 9.84 Å². The van der Waals surface area contributed by atoms with Crippen molar-refractivity contribution in [3.05, 3.63) is 17.7 Å². The van der Waals surface area contributed by atoms with Crippen LogP contribution in [0.1, 0.15) is 49.4 Å². The van der Waals surface area contributed by atoms with Crippen LogP contribution in [0.3, 0.4) is 0 Å². The topological polar surface area (TPSA) is 93.7 Å². The van der Waals surface area contributed by atoms with Gasteiger partial charge in [-0.25, -0.2) is 8.42 Å². The molecule has 3 rings (SSSR count). The van der Waals surface area contributed by atoms with E-state index in [2.05, 4.69) is 10.6 Å². The monoisotopic (exact) mass is 410 g/mol. The van der Waals surface area contributed by atoms with Crippen molar-refractivity contribution in [3.63, 3.8) is 0 Å². The van der Waals surface area contributed by atoms with Gasteiger partial charge in [0.1, 0.15) is 0 Å². The van der Waals surface area contributed by atoms with Crippen LogP contribution >= 0.6 is 0 Å². The van der Waals surface area contributed by atoms with Gasteiger partial charge in [0, 0.05) is 18.2 Å². The molecule has 156 valence electrons. The van der Waals surface area contributed by atoms with Crippen LogP contribution in [0.5, 0.6) is 11.5 Å². The Balaban J connectivity index is 1.92. The van der Waals surface area contributed by atoms with Gasteiger partial charge in [-0.1, -0.05) is 19.8 Å². The van der Waals surface area contributed by atoms with E-state index in [9.17, 15) is 13.2 Å². The van der Waals surface area contributed by atoms with E-state index in [1.165, 1.54) is 39.2 Å². The smallest absolute Gasteiger partial charge is 0.255 e. The first kappa shape index (κ1) is 20.9. The minimum atomic E-state index is -3.49. The largest absolute Gasteiger partial charge is 0.493 e. The standard InChI is InChI=1S/C20H30N2O5S/c1-4-28(24,25)14-11-15(19(27-3)18(12-14)26-2)20(23)22-17(10-13-7-8-13)16-6-5-9-21-16/h11-13,16-17,21H,4-10H2,1-3H3,(H,22,23). The molecular weight excluding hydrogens is 380 g/mol. The summed E-state index contributed by atoms with van der Waals surface area (Å²) in [6, 6.07) is 3.07. The maximum Gasteiger partial charge on any atom is 0.255 e. The summed E-state index contributed by atoms with van der Waals surface area (Å²) in [5.74, 6) is 0.762. The molecule has 8 heteroatoms. The molecule has 28 heavy (non-hydrogen) atoms. The first-order valence-corrected chi connectivity index (χ1v) is 11.6. The number of carbonyl (C=O) groups is 1. The highest BCUT2D eigenvalue weighted by molar-refractivity contribution is 7.91. The SMILES string of the molecule is CCS(=O)(=O)c1cc(OC)c(OC)c(C(=O)NC(CC2CC2)C2CCCN2)c1. The number of rotatable bonds is 9. The van der Waals surface area contributed by atoms with Gasteiger partial charge < -0.3 is 20.1 Å². The lowest BCUT2D eigenvalue weighted by atomic mass is 9.99. The normalized spacial score (nSPS) is 20.6. The Labute approximate surface area is 167 Å². The van der Waals surface area contributed by atoms with Crippen LogP contribution in [0, 0.1) is 5.92 Å². The number of hydrogen-bond acceptors (Lipinski definition) is 6. The third-order valence-corrected chi connectivity index (χ3v) is 7.34. The number of amides is 1. The van der Waals surface area contributed by atoms with Crippen molar-refractivity contribution in [2.45, 2.75) is 56.0 Å². The number of hydrogen-bond donors (Lipinski definition) is 2. The first-order chi connectivity index (χ1) is 13.4. The maximum absolute atomic E-state index is 13.2. The van der Waals surface area contributed by atoms with Crippen molar-refractivity contribution in [3.8, 4) is 11.5 Å². The van der Waals surface area contributed by atoms with Crippen LogP contribution < -0.4 is 20.1 Å². The van der Waals surface area contributed by atoms with Crippen LogP contribution in [0.25, 0.3) is 0 Å². The fourth-order valence-electron chi connectivity index (χ4n) is 3.79. The number of ether oxygens (including phenoxy) is 2. The maximum atomic E-state index is 13.2. The number of sulfone groups is 1. The Morgan fingerprint density at radius 3 is 2.54 bits per heavy atom. The Morgan fingerprint density at radius 2 is 2.00 bits per heavy atom. The Kier molecular flexibility index (Phi) is 6.50. The molecule has 1 aromatic rings. The summed E-state index contributed by atoms with van der Waals surface area (Å²) in [7, 11) is -0.615. The predicted molar refractivity (Wildman–Crippen MR) is 107 cm³/mol. The van der Waals surface area contributed by atoms with Crippen molar-refractivity contribution < 1.29 is 22.7 Å². The molecule has 1 aliphatic heterocycles. The van der Waals surface area contributed by atoms with Crippen molar-refractivity contribution in [2.24, 2.45) is 5.92 Å². The summed E-state index contributed by atoms with van der Waals surface area (Å²) >= 11 is 0. The van der Waals surface area contributed by atoms with Gasteiger partial charge in [-0.15, -0.1) is 0 Å². The summed E-state index contributed by atoms with van der Waals surface area (Å²) in [5.41, 5.74) is 0.188. The van der Waals surface area contributed by atoms with E-state index in [1.807, 2.05) is 0 Å².